The van der Waals surface area contributed by atoms with Crippen LogP contribution in [0.3, 0.4) is 0 Å². The van der Waals surface area contributed by atoms with Crippen molar-refractivity contribution in [1.29, 1.82) is 0 Å². The largest absolute Gasteiger partial charge is 0.327 e. The van der Waals surface area contributed by atoms with Gasteiger partial charge in [-0.05, 0) is 36.8 Å². The Morgan fingerprint density at radius 1 is 1.11 bits per heavy atom. The SMILES string of the molecule is Cc1ccc2c(c1)nc(-c1cccc(F)c1)n2C. The summed E-state index contributed by atoms with van der Waals surface area (Å²) in [7, 11) is 1.95. The third-order valence-electron chi connectivity index (χ3n) is 3.12. The molecular weight excluding hydrogens is 227 g/mol. The van der Waals surface area contributed by atoms with Crippen LogP contribution in [-0.2, 0) is 7.05 Å². The fourth-order valence-corrected chi connectivity index (χ4v) is 2.20. The fraction of sp³-hybridized carbons (Fsp3) is 0.133. The minimum absolute atomic E-state index is 0.240. The molecule has 0 saturated heterocycles. The first kappa shape index (κ1) is 11.0. The summed E-state index contributed by atoms with van der Waals surface area (Å²) in [6, 6.07) is 12.7. The summed E-state index contributed by atoms with van der Waals surface area (Å²) in [6.07, 6.45) is 0. The smallest absolute Gasteiger partial charge is 0.140 e. The summed E-state index contributed by atoms with van der Waals surface area (Å²) < 4.78 is 15.3. The molecule has 2 nitrogen and oxygen atoms in total. The molecule has 2 aromatic carbocycles. The quantitative estimate of drug-likeness (QED) is 0.634. The highest BCUT2D eigenvalue weighted by molar-refractivity contribution is 5.81. The summed E-state index contributed by atoms with van der Waals surface area (Å²) in [5, 5.41) is 0. The Morgan fingerprint density at radius 2 is 1.94 bits per heavy atom. The molecule has 3 rings (SSSR count). The van der Waals surface area contributed by atoms with Crippen molar-refractivity contribution in [2.45, 2.75) is 6.92 Å². The Morgan fingerprint density at radius 3 is 2.72 bits per heavy atom. The Labute approximate surface area is 105 Å². The van der Waals surface area contributed by atoms with Crippen molar-refractivity contribution < 1.29 is 4.39 Å². The van der Waals surface area contributed by atoms with Crippen LogP contribution >= 0.6 is 0 Å². The van der Waals surface area contributed by atoms with Gasteiger partial charge in [0.25, 0.3) is 0 Å². The molecule has 3 heteroatoms. The minimum Gasteiger partial charge on any atom is -0.327 e. The normalized spacial score (nSPS) is 11.1. The molecule has 1 heterocycles. The number of aryl methyl sites for hydroxylation is 2. The molecule has 0 atom stereocenters. The van der Waals surface area contributed by atoms with Crippen LogP contribution in [-0.4, -0.2) is 9.55 Å². The van der Waals surface area contributed by atoms with E-state index in [1.54, 1.807) is 6.07 Å². The van der Waals surface area contributed by atoms with E-state index in [1.165, 1.54) is 17.7 Å². The van der Waals surface area contributed by atoms with Gasteiger partial charge in [-0.3, -0.25) is 0 Å². The summed E-state index contributed by atoms with van der Waals surface area (Å²) in [4.78, 5) is 4.58. The number of fused-ring (bicyclic) bond motifs is 1. The van der Waals surface area contributed by atoms with E-state index in [1.807, 2.05) is 36.7 Å². The number of benzene rings is 2. The molecule has 1 aromatic heterocycles. The highest BCUT2D eigenvalue weighted by Crippen LogP contribution is 2.24. The molecular formula is C15H13FN2. The first-order valence-electron chi connectivity index (χ1n) is 5.84. The van der Waals surface area contributed by atoms with Gasteiger partial charge in [0, 0.05) is 12.6 Å². The van der Waals surface area contributed by atoms with Crippen LogP contribution in [0.5, 0.6) is 0 Å². The van der Waals surface area contributed by atoms with Gasteiger partial charge in [-0.25, -0.2) is 9.37 Å². The molecule has 0 aliphatic carbocycles. The van der Waals surface area contributed by atoms with Gasteiger partial charge in [0.1, 0.15) is 11.6 Å². The first-order chi connectivity index (χ1) is 8.65. The molecule has 18 heavy (non-hydrogen) atoms. The van der Waals surface area contributed by atoms with E-state index in [9.17, 15) is 4.39 Å². The lowest BCUT2D eigenvalue weighted by Gasteiger charge is -2.02. The Kier molecular flexibility index (Phi) is 2.40. The third kappa shape index (κ3) is 1.68. The molecule has 0 fully saturated rings. The van der Waals surface area contributed by atoms with Crippen molar-refractivity contribution in [2.24, 2.45) is 7.05 Å². The number of rotatable bonds is 1. The van der Waals surface area contributed by atoms with Gasteiger partial charge in [-0.2, -0.15) is 0 Å². The molecule has 0 bridgehead atoms. The minimum atomic E-state index is -0.240. The highest BCUT2D eigenvalue weighted by atomic mass is 19.1. The maximum absolute atomic E-state index is 13.3. The molecule has 90 valence electrons. The van der Waals surface area contributed by atoms with Crippen LogP contribution in [0.4, 0.5) is 4.39 Å². The number of aromatic nitrogens is 2. The van der Waals surface area contributed by atoms with Gasteiger partial charge in [-0.15, -0.1) is 0 Å². The fourth-order valence-electron chi connectivity index (χ4n) is 2.20. The zero-order chi connectivity index (χ0) is 12.7. The maximum Gasteiger partial charge on any atom is 0.140 e. The van der Waals surface area contributed by atoms with Gasteiger partial charge in [-0.1, -0.05) is 18.2 Å². The van der Waals surface area contributed by atoms with Crippen LogP contribution in [0.15, 0.2) is 42.5 Å². The Hall–Kier alpha value is -2.16. The van der Waals surface area contributed by atoms with Crippen molar-refractivity contribution in [1.82, 2.24) is 9.55 Å². The van der Waals surface area contributed by atoms with Crippen molar-refractivity contribution in [2.75, 3.05) is 0 Å². The molecule has 0 aliphatic rings. The number of hydrogen-bond donors (Lipinski definition) is 0. The lowest BCUT2D eigenvalue weighted by molar-refractivity contribution is 0.628. The molecule has 0 aliphatic heterocycles. The molecule has 0 saturated carbocycles. The summed E-state index contributed by atoms with van der Waals surface area (Å²) in [5.74, 6) is 0.547. The van der Waals surface area contributed by atoms with Gasteiger partial charge in [0.05, 0.1) is 11.0 Å². The number of hydrogen-bond acceptors (Lipinski definition) is 1. The van der Waals surface area contributed by atoms with Gasteiger partial charge in [0.2, 0.25) is 0 Å². The van der Waals surface area contributed by atoms with Gasteiger partial charge >= 0.3 is 0 Å². The second-order valence-electron chi connectivity index (χ2n) is 4.50. The van der Waals surface area contributed by atoms with E-state index < -0.39 is 0 Å². The second kappa shape index (κ2) is 3.95. The predicted octanol–water partition coefficient (Wildman–Crippen LogP) is 3.69. The highest BCUT2D eigenvalue weighted by Gasteiger charge is 2.10. The summed E-state index contributed by atoms with van der Waals surface area (Å²) in [5.41, 5.74) is 3.97. The van der Waals surface area contributed by atoms with E-state index >= 15 is 0 Å². The summed E-state index contributed by atoms with van der Waals surface area (Å²) in [6.45, 7) is 2.04. The second-order valence-corrected chi connectivity index (χ2v) is 4.50. The lowest BCUT2D eigenvalue weighted by Crippen LogP contribution is -1.92. The Balaban J connectivity index is 2.27. The van der Waals surface area contributed by atoms with Crippen molar-refractivity contribution in [3.05, 3.63) is 53.8 Å². The number of nitrogens with zero attached hydrogens (tertiary/aromatic N) is 2. The Bertz CT molecular complexity index is 728. The lowest BCUT2D eigenvalue weighted by atomic mass is 10.2. The van der Waals surface area contributed by atoms with Crippen molar-refractivity contribution in [3.63, 3.8) is 0 Å². The number of imidazole rings is 1. The summed E-state index contributed by atoms with van der Waals surface area (Å²) >= 11 is 0. The van der Waals surface area contributed by atoms with Crippen molar-refractivity contribution in [3.8, 4) is 11.4 Å². The van der Waals surface area contributed by atoms with Gasteiger partial charge in [0.15, 0.2) is 0 Å². The predicted molar refractivity (Wildman–Crippen MR) is 70.8 cm³/mol. The van der Waals surface area contributed by atoms with Crippen LogP contribution in [0.1, 0.15) is 5.56 Å². The standard InChI is InChI=1S/C15H13FN2/c1-10-6-7-14-13(8-10)17-15(18(14)2)11-4-3-5-12(16)9-11/h3-9H,1-2H3. The number of halogens is 1. The molecule has 0 radical (unpaired) electrons. The maximum atomic E-state index is 13.3. The van der Waals surface area contributed by atoms with E-state index in [2.05, 4.69) is 11.1 Å². The molecule has 0 N–H and O–H groups in total. The molecule has 0 unspecified atom stereocenters. The van der Waals surface area contributed by atoms with Crippen LogP contribution in [0.2, 0.25) is 0 Å². The van der Waals surface area contributed by atoms with Crippen LogP contribution < -0.4 is 0 Å². The van der Waals surface area contributed by atoms with Gasteiger partial charge < -0.3 is 4.57 Å². The first-order valence-corrected chi connectivity index (χ1v) is 5.84. The third-order valence-corrected chi connectivity index (χ3v) is 3.12. The zero-order valence-electron chi connectivity index (χ0n) is 10.3. The molecule has 3 aromatic rings. The van der Waals surface area contributed by atoms with Crippen LogP contribution in [0, 0.1) is 12.7 Å². The topological polar surface area (TPSA) is 17.8 Å². The average molecular weight is 240 g/mol. The van der Waals surface area contributed by atoms with E-state index in [-0.39, 0.29) is 5.82 Å². The molecule has 0 spiro atoms. The average Bonchev–Trinajstić information content (AvgIpc) is 2.66. The van der Waals surface area contributed by atoms with E-state index in [0.29, 0.717) is 0 Å². The zero-order valence-corrected chi connectivity index (χ0v) is 10.3. The van der Waals surface area contributed by atoms with E-state index in [0.717, 1.165) is 22.4 Å². The molecule has 0 amide bonds. The van der Waals surface area contributed by atoms with Crippen LogP contribution in [0.25, 0.3) is 22.4 Å². The van der Waals surface area contributed by atoms with Crippen molar-refractivity contribution >= 4 is 11.0 Å². The van der Waals surface area contributed by atoms with E-state index in [4.69, 9.17) is 0 Å². The monoisotopic (exact) mass is 240 g/mol.